The molecule has 5 nitrogen and oxygen atoms in total. The number of aromatic nitrogens is 4. The molecule has 0 radical (unpaired) electrons. The largest absolute Gasteiger partial charge is 0.360 e. The Kier molecular flexibility index (Phi) is 5.99. The third kappa shape index (κ3) is 3.88. The summed E-state index contributed by atoms with van der Waals surface area (Å²) in [6.45, 7) is 9.00. The number of fused-ring (bicyclic) bond motifs is 2. The van der Waals surface area contributed by atoms with Crippen LogP contribution in [0, 0.1) is 25.5 Å². The van der Waals surface area contributed by atoms with Crippen molar-refractivity contribution in [3.8, 4) is 16.9 Å². The van der Waals surface area contributed by atoms with E-state index in [9.17, 15) is 0 Å². The van der Waals surface area contributed by atoms with Gasteiger partial charge in [-0.2, -0.15) is 5.10 Å². The average molecular weight is 532 g/mol. The predicted octanol–water partition coefficient (Wildman–Crippen LogP) is 7.65. The van der Waals surface area contributed by atoms with E-state index >= 15 is 8.78 Å². The number of hydrogen-bond acceptors (Lipinski definition) is 3. The number of hydrogen-bond donors (Lipinski definition) is 1. The zero-order valence-electron chi connectivity index (χ0n) is 21.7. The minimum Gasteiger partial charge on any atom is -0.360 e. The van der Waals surface area contributed by atoms with Crippen molar-refractivity contribution in [1.29, 1.82) is 0 Å². The first-order valence-electron chi connectivity index (χ1n) is 12.8. The summed E-state index contributed by atoms with van der Waals surface area (Å²) in [5.41, 5.74) is 7.29. The maximum Gasteiger partial charge on any atom is 0.165 e. The molecular weight excluding hydrogens is 504 g/mol. The lowest BCUT2D eigenvalue weighted by Crippen LogP contribution is -2.31. The molecule has 2 aromatic carbocycles. The minimum atomic E-state index is -0.431. The third-order valence-electron chi connectivity index (χ3n) is 7.48. The first-order valence-corrected chi connectivity index (χ1v) is 13.2. The van der Waals surface area contributed by atoms with Crippen LogP contribution in [0.3, 0.4) is 0 Å². The van der Waals surface area contributed by atoms with Gasteiger partial charge in [0, 0.05) is 48.4 Å². The van der Waals surface area contributed by atoms with E-state index in [-0.39, 0.29) is 11.7 Å². The Balaban J connectivity index is 1.59. The summed E-state index contributed by atoms with van der Waals surface area (Å²) < 4.78 is 33.0. The number of benzene rings is 2. The Morgan fingerprint density at radius 2 is 1.82 bits per heavy atom. The van der Waals surface area contributed by atoms with Crippen LogP contribution >= 0.6 is 11.6 Å². The van der Waals surface area contributed by atoms with Gasteiger partial charge in [-0.25, -0.2) is 18.4 Å². The van der Waals surface area contributed by atoms with Crippen LogP contribution in [-0.4, -0.2) is 26.3 Å². The van der Waals surface area contributed by atoms with Gasteiger partial charge in [-0.1, -0.05) is 43.6 Å². The van der Waals surface area contributed by atoms with Crippen molar-refractivity contribution in [1.82, 2.24) is 19.7 Å². The summed E-state index contributed by atoms with van der Waals surface area (Å²) in [7, 11) is 0. The van der Waals surface area contributed by atoms with Gasteiger partial charge >= 0.3 is 0 Å². The molecule has 38 heavy (non-hydrogen) atoms. The smallest absolute Gasteiger partial charge is 0.165 e. The van der Waals surface area contributed by atoms with Crippen molar-refractivity contribution in [2.45, 2.75) is 46.6 Å². The van der Waals surface area contributed by atoms with Gasteiger partial charge in [0.05, 0.1) is 27.6 Å². The zero-order chi connectivity index (χ0) is 26.7. The molecule has 5 aromatic rings. The maximum atomic E-state index is 15.9. The minimum absolute atomic E-state index is 0.179. The standard InChI is InChI=1S/C30H28ClF2N5/c1-16(2)19-12-24(33)30(35-14-19)37-11-9-25-21(15-37)29(38(36-25)28-17(3)6-5-7-18(28)4)26-20-8-10-34-27(20)22(31)13-23(26)32/h5-8,10,12-14,16,34H,9,11,15H2,1-4H3. The van der Waals surface area contributed by atoms with Gasteiger partial charge in [-0.05, 0) is 54.7 Å². The highest BCUT2D eigenvalue weighted by molar-refractivity contribution is 6.35. The number of aryl methyl sites for hydroxylation is 2. The van der Waals surface area contributed by atoms with Gasteiger partial charge < -0.3 is 9.88 Å². The van der Waals surface area contributed by atoms with E-state index in [1.807, 2.05) is 61.5 Å². The molecule has 0 bridgehead atoms. The van der Waals surface area contributed by atoms with Crippen LogP contribution in [0.2, 0.25) is 5.02 Å². The van der Waals surface area contributed by atoms with Gasteiger partial charge in [-0.3, -0.25) is 0 Å². The number of H-pyrrole nitrogens is 1. The molecule has 0 unspecified atom stereocenters. The van der Waals surface area contributed by atoms with Crippen molar-refractivity contribution < 1.29 is 8.78 Å². The number of para-hydroxylation sites is 1. The van der Waals surface area contributed by atoms with Gasteiger partial charge in [-0.15, -0.1) is 0 Å². The molecule has 3 aromatic heterocycles. The molecule has 0 aliphatic carbocycles. The van der Waals surface area contributed by atoms with Crippen LogP contribution < -0.4 is 4.90 Å². The first kappa shape index (κ1) is 24.6. The number of aromatic amines is 1. The summed E-state index contributed by atoms with van der Waals surface area (Å²) >= 11 is 6.39. The first-order chi connectivity index (χ1) is 18.2. The molecule has 4 heterocycles. The quantitative estimate of drug-likeness (QED) is 0.259. The van der Waals surface area contributed by atoms with E-state index in [1.54, 1.807) is 18.5 Å². The lowest BCUT2D eigenvalue weighted by atomic mass is 9.97. The summed E-state index contributed by atoms with van der Waals surface area (Å²) in [4.78, 5) is 9.55. The molecule has 194 valence electrons. The fraction of sp³-hybridized carbons (Fsp3) is 0.267. The summed E-state index contributed by atoms with van der Waals surface area (Å²) in [6.07, 6.45) is 4.08. The monoisotopic (exact) mass is 531 g/mol. The highest BCUT2D eigenvalue weighted by Crippen LogP contribution is 2.41. The van der Waals surface area contributed by atoms with E-state index in [1.165, 1.54) is 6.07 Å². The Hall–Kier alpha value is -3.71. The molecule has 0 saturated heterocycles. The van der Waals surface area contributed by atoms with Crippen LogP contribution in [0.1, 0.15) is 47.7 Å². The van der Waals surface area contributed by atoms with Crippen LogP contribution in [0.25, 0.3) is 27.8 Å². The molecule has 0 atom stereocenters. The number of halogens is 3. The van der Waals surface area contributed by atoms with E-state index in [2.05, 4.69) is 9.97 Å². The Labute approximate surface area is 225 Å². The predicted molar refractivity (Wildman–Crippen MR) is 148 cm³/mol. The fourth-order valence-corrected chi connectivity index (χ4v) is 5.76. The fourth-order valence-electron chi connectivity index (χ4n) is 5.51. The van der Waals surface area contributed by atoms with Crippen LogP contribution in [0.15, 0.2) is 48.8 Å². The van der Waals surface area contributed by atoms with Gasteiger partial charge in [0.15, 0.2) is 11.6 Å². The van der Waals surface area contributed by atoms with Crippen LogP contribution in [0.5, 0.6) is 0 Å². The number of anilines is 1. The molecule has 0 amide bonds. The molecule has 1 aliphatic rings. The third-order valence-corrected chi connectivity index (χ3v) is 7.78. The van der Waals surface area contributed by atoms with E-state index in [0.29, 0.717) is 52.5 Å². The molecule has 1 N–H and O–H groups in total. The molecule has 0 fully saturated rings. The van der Waals surface area contributed by atoms with Crippen molar-refractivity contribution in [2.24, 2.45) is 0 Å². The second-order valence-corrected chi connectivity index (χ2v) is 10.7. The molecule has 8 heteroatoms. The Morgan fingerprint density at radius 1 is 1.05 bits per heavy atom. The van der Waals surface area contributed by atoms with Crippen molar-refractivity contribution in [2.75, 3.05) is 11.4 Å². The summed E-state index contributed by atoms with van der Waals surface area (Å²) in [5, 5.41) is 6.02. The molecular formula is C30H28ClF2N5. The Morgan fingerprint density at radius 3 is 2.53 bits per heavy atom. The molecule has 0 saturated carbocycles. The molecule has 6 rings (SSSR count). The topological polar surface area (TPSA) is 49.7 Å². The van der Waals surface area contributed by atoms with Gasteiger partial charge in [0.25, 0.3) is 0 Å². The highest BCUT2D eigenvalue weighted by Gasteiger charge is 2.31. The van der Waals surface area contributed by atoms with Gasteiger partial charge in [0.2, 0.25) is 0 Å². The zero-order valence-corrected chi connectivity index (χ0v) is 22.5. The highest BCUT2D eigenvalue weighted by atomic mass is 35.5. The summed E-state index contributed by atoms with van der Waals surface area (Å²) in [6, 6.07) is 10.8. The van der Waals surface area contributed by atoms with Crippen molar-refractivity contribution in [3.63, 3.8) is 0 Å². The molecule has 0 spiro atoms. The van der Waals surface area contributed by atoms with Crippen LogP contribution in [0.4, 0.5) is 14.6 Å². The lowest BCUT2D eigenvalue weighted by Gasteiger charge is -2.28. The summed E-state index contributed by atoms with van der Waals surface area (Å²) in [5.74, 6) is -0.305. The maximum absolute atomic E-state index is 15.9. The van der Waals surface area contributed by atoms with Crippen molar-refractivity contribution >= 4 is 28.3 Å². The normalized spacial score (nSPS) is 13.5. The number of rotatable bonds is 4. The SMILES string of the molecule is Cc1cccc(C)c1-n1nc2c(c1-c1c(F)cc(Cl)c3[nH]ccc13)CN(c1ncc(C(C)C)cc1F)CC2. The van der Waals surface area contributed by atoms with Gasteiger partial charge in [0.1, 0.15) is 5.82 Å². The lowest BCUT2D eigenvalue weighted by molar-refractivity contribution is 0.595. The number of nitrogens with zero attached hydrogens (tertiary/aromatic N) is 4. The van der Waals surface area contributed by atoms with Crippen molar-refractivity contribution in [3.05, 3.63) is 93.4 Å². The van der Waals surface area contributed by atoms with E-state index < -0.39 is 5.82 Å². The second kappa shape index (κ2) is 9.24. The number of nitrogens with one attached hydrogen (secondary N) is 1. The number of pyridine rings is 1. The van der Waals surface area contributed by atoms with Crippen LogP contribution in [-0.2, 0) is 13.0 Å². The average Bonchev–Trinajstić information content (AvgIpc) is 3.50. The Bertz CT molecular complexity index is 1680. The molecule has 1 aliphatic heterocycles. The van der Waals surface area contributed by atoms with E-state index in [0.717, 1.165) is 33.6 Å². The van der Waals surface area contributed by atoms with E-state index in [4.69, 9.17) is 16.7 Å². The second-order valence-electron chi connectivity index (χ2n) is 10.3.